The molecule has 2 aromatic heterocycles. The lowest BCUT2D eigenvalue weighted by molar-refractivity contribution is -0.173. The third-order valence-corrected chi connectivity index (χ3v) is 5.88. The number of carbonyl (C=O) groups is 1. The van der Waals surface area contributed by atoms with Gasteiger partial charge in [-0.05, 0) is 32.6 Å². The molecule has 1 saturated heterocycles. The van der Waals surface area contributed by atoms with Crippen molar-refractivity contribution in [2.75, 3.05) is 11.9 Å². The normalized spacial score (nSPS) is 24.5. The van der Waals surface area contributed by atoms with Crippen molar-refractivity contribution in [2.45, 2.75) is 63.8 Å². The molecule has 2 aliphatic rings. The highest BCUT2D eigenvalue weighted by atomic mass is 19.4. The lowest BCUT2D eigenvalue weighted by Gasteiger charge is -2.32. The standard InChI is InChI=1S/C19H25F3N6O/c1-4-12-8-16(19(20,21)22)28-17(23-12)9-14(25-28)15-6-5-7-27(15)18(29)13-10-26(3)24-11(13)2/h9-10,12,15-16,23H,4-8H2,1-3H3/t12-,15-,16-/m1/s1. The third-order valence-electron chi connectivity index (χ3n) is 5.88. The Hall–Kier alpha value is -2.52. The van der Waals surface area contributed by atoms with Gasteiger partial charge < -0.3 is 10.2 Å². The summed E-state index contributed by atoms with van der Waals surface area (Å²) in [5.41, 5.74) is 1.66. The Kier molecular flexibility index (Phi) is 4.82. The smallest absolute Gasteiger partial charge is 0.367 e. The Morgan fingerprint density at radius 3 is 2.72 bits per heavy atom. The molecule has 2 aliphatic heterocycles. The zero-order valence-electron chi connectivity index (χ0n) is 16.7. The average molecular weight is 410 g/mol. The SMILES string of the molecule is CC[C@@H]1C[C@H](C(F)(F)F)n2nc([C@H]3CCCN3C(=O)c3cn(C)nc3C)cc2N1. The quantitative estimate of drug-likeness (QED) is 0.840. The van der Waals surface area contributed by atoms with E-state index < -0.39 is 12.2 Å². The summed E-state index contributed by atoms with van der Waals surface area (Å²) in [6.45, 7) is 4.19. The zero-order chi connectivity index (χ0) is 20.9. The van der Waals surface area contributed by atoms with E-state index in [0.29, 0.717) is 42.2 Å². The van der Waals surface area contributed by atoms with Crippen molar-refractivity contribution in [2.24, 2.45) is 7.05 Å². The zero-order valence-corrected chi connectivity index (χ0v) is 16.7. The number of rotatable bonds is 3. The van der Waals surface area contributed by atoms with Gasteiger partial charge in [0.25, 0.3) is 5.91 Å². The minimum absolute atomic E-state index is 0.0453. The first kappa shape index (κ1) is 19.8. The maximum Gasteiger partial charge on any atom is 0.410 e. The van der Waals surface area contributed by atoms with E-state index >= 15 is 0 Å². The minimum atomic E-state index is -4.37. The van der Waals surface area contributed by atoms with Gasteiger partial charge in [0.05, 0.1) is 23.0 Å². The van der Waals surface area contributed by atoms with Crippen LogP contribution in [0.3, 0.4) is 0 Å². The van der Waals surface area contributed by atoms with Gasteiger partial charge in [0.15, 0.2) is 6.04 Å². The number of fused-ring (bicyclic) bond motifs is 1. The number of nitrogens with zero attached hydrogens (tertiary/aromatic N) is 5. The summed E-state index contributed by atoms with van der Waals surface area (Å²) in [5.74, 6) is 0.216. The van der Waals surface area contributed by atoms with Crippen molar-refractivity contribution in [3.05, 3.63) is 29.2 Å². The van der Waals surface area contributed by atoms with Crippen LogP contribution in [0.25, 0.3) is 0 Å². The van der Waals surface area contributed by atoms with Gasteiger partial charge in [0.2, 0.25) is 0 Å². The number of aryl methyl sites for hydroxylation is 2. The van der Waals surface area contributed by atoms with Crippen LogP contribution in [0.5, 0.6) is 0 Å². The molecule has 0 spiro atoms. The molecule has 4 heterocycles. The first-order valence-electron chi connectivity index (χ1n) is 9.93. The van der Waals surface area contributed by atoms with Crippen molar-refractivity contribution in [1.29, 1.82) is 0 Å². The van der Waals surface area contributed by atoms with Crippen LogP contribution in [-0.4, -0.2) is 49.1 Å². The van der Waals surface area contributed by atoms with E-state index in [2.05, 4.69) is 15.5 Å². The van der Waals surface area contributed by atoms with E-state index in [4.69, 9.17) is 0 Å². The Morgan fingerprint density at radius 2 is 2.10 bits per heavy atom. The van der Waals surface area contributed by atoms with Crippen molar-refractivity contribution in [3.8, 4) is 0 Å². The molecule has 0 radical (unpaired) electrons. The summed E-state index contributed by atoms with van der Waals surface area (Å²) in [6, 6.07) is -0.565. The summed E-state index contributed by atoms with van der Waals surface area (Å²) in [6.07, 6.45) is -0.678. The Balaban J connectivity index is 1.66. The van der Waals surface area contributed by atoms with E-state index in [-0.39, 0.29) is 24.4 Å². The summed E-state index contributed by atoms with van der Waals surface area (Å²) >= 11 is 0. The van der Waals surface area contributed by atoms with Crippen LogP contribution in [0.4, 0.5) is 19.0 Å². The van der Waals surface area contributed by atoms with Gasteiger partial charge >= 0.3 is 6.18 Å². The molecule has 7 nitrogen and oxygen atoms in total. The third kappa shape index (κ3) is 3.49. The number of hydrogen-bond donors (Lipinski definition) is 1. The predicted octanol–water partition coefficient (Wildman–Crippen LogP) is 3.60. The van der Waals surface area contributed by atoms with Gasteiger partial charge in [-0.15, -0.1) is 0 Å². The molecule has 0 saturated carbocycles. The first-order chi connectivity index (χ1) is 13.7. The van der Waals surface area contributed by atoms with Gasteiger partial charge in [-0.2, -0.15) is 23.4 Å². The number of amides is 1. The lowest BCUT2D eigenvalue weighted by atomic mass is 10.0. The topological polar surface area (TPSA) is 68.0 Å². The first-order valence-corrected chi connectivity index (χ1v) is 9.93. The molecule has 1 fully saturated rings. The van der Waals surface area contributed by atoms with Crippen molar-refractivity contribution >= 4 is 11.7 Å². The van der Waals surface area contributed by atoms with Crippen molar-refractivity contribution in [3.63, 3.8) is 0 Å². The summed E-state index contributed by atoms with van der Waals surface area (Å²) in [4.78, 5) is 14.8. The van der Waals surface area contributed by atoms with E-state index in [1.807, 2.05) is 6.92 Å². The molecule has 0 unspecified atom stereocenters. The number of alkyl halides is 3. The highest BCUT2D eigenvalue weighted by Crippen LogP contribution is 2.42. The molecule has 0 bridgehead atoms. The van der Waals surface area contributed by atoms with Crippen LogP contribution < -0.4 is 5.32 Å². The van der Waals surface area contributed by atoms with Crippen LogP contribution >= 0.6 is 0 Å². The highest BCUT2D eigenvalue weighted by Gasteiger charge is 2.46. The van der Waals surface area contributed by atoms with Gasteiger partial charge in [0.1, 0.15) is 5.82 Å². The molecule has 0 aliphatic carbocycles. The fourth-order valence-corrected chi connectivity index (χ4v) is 4.38. The number of hydrogen-bond acceptors (Lipinski definition) is 4. The molecule has 29 heavy (non-hydrogen) atoms. The molecular weight excluding hydrogens is 385 g/mol. The van der Waals surface area contributed by atoms with Crippen molar-refractivity contribution in [1.82, 2.24) is 24.5 Å². The maximum absolute atomic E-state index is 13.6. The molecule has 1 N–H and O–H groups in total. The van der Waals surface area contributed by atoms with Crippen LogP contribution in [-0.2, 0) is 7.05 Å². The predicted molar refractivity (Wildman–Crippen MR) is 101 cm³/mol. The Labute approximate surface area is 166 Å². The van der Waals surface area contributed by atoms with Gasteiger partial charge in [-0.1, -0.05) is 6.92 Å². The van der Waals surface area contributed by atoms with Gasteiger partial charge in [-0.25, -0.2) is 4.68 Å². The van der Waals surface area contributed by atoms with E-state index in [0.717, 1.165) is 11.1 Å². The number of likely N-dealkylation sites (tertiary alicyclic amines) is 1. The fraction of sp³-hybridized carbons (Fsp3) is 0.632. The molecule has 1 amide bonds. The van der Waals surface area contributed by atoms with Crippen molar-refractivity contribution < 1.29 is 18.0 Å². The summed E-state index contributed by atoms with van der Waals surface area (Å²) in [5, 5.41) is 11.7. The van der Waals surface area contributed by atoms with Gasteiger partial charge in [0, 0.05) is 31.9 Å². The number of halogens is 3. The van der Waals surface area contributed by atoms with E-state index in [9.17, 15) is 18.0 Å². The molecule has 2 aromatic rings. The molecule has 158 valence electrons. The number of aromatic nitrogens is 4. The highest BCUT2D eigenvalue weighted by molar-refractivity contribution is 5.95. The summed E-state index contributed by atoms with van der Waals surface area (Å²) < 4.78 is 43.5. The number of carbonyl (C=O) groups excluding carboxylic acids is 1. The van der Waals surface area contributed by atoms with Crippen LogP contribution in [0, 0.1) is 6.92 Å². The fourth-order valence-electron chi connectivity index (χ4n) is 4.38. The van der Waals surface area contributed by atoms with E-state index in [1.54, 1.807) is 35.8 Å². The molecule has 4 rings (SSSR count). The lowest BCUT2D eigenvalue weighted by Crippen LogP contribution is -2.39. The monoisotopic (exact) mass is 410 g/mol. The second kappa shape index (κ2) is 7.07. The number of anilines is 1. The second-order valence-electron chi connectivity index (χ2n) is 7.90. The molecule has 10 heteroatoms. The van der Waals surface area contributed by atoms with E-state index in [1.165, 1.54) is 0 Å². The number of nitrogens with one attached hydrogen (secondary N) is 1. The Morgan fingerprint density at radius 1 is 1.34 bits per heavy atom. The van der Waals surface area contributed by atoms with Crippen LogP contribution in [0.2, 0.25) is 0 Å². The molecule has 3 atom stereocenters. The van der Waals surface area contributed by atoms with Gasteiger partial charge in [-0.3, -0.25) is 9.48 Å². The Bertz CT molecular complexity index is 918. The van der Waals surface area contributed by atoms with Crippen LogP contribution in [0.1, 0.15) is 66.4 Å². The minimum Gasteiger partial charge on any atom is -0.367 e. The largest absolute Gasteiger partial charge is 0.410 e. The molecule has 0 aromatic carbocycles. The average Bonchev–Trinajstić information content (AvgIpc) is 3.36. The maximum atomic E-state index is 13.6. The van der Waals surface area contributed by atoms with Crippen LogP contribution in [0.15, 0.2) is 12.3 Å². The second-order valence-corrected chi connectivity index (χ2v) is 7.90. The summed E-state index contributed by atoms with van der Waals surface area (Å²) in [7, 11) is 1.75. The molecular formula is C19H25F3N6O.